The summed E-state index contributed by atoms with van der Waals surface area (Å²) < 4.78 is 32.5. The maximum Gasteiger partial charge on any atom is 0.229 e. The summed E-state index contributed by atoms with van der Waals surface area (Å²) in [5, 5.41) is 0. The topological polar surface area (TPSA) is 75.7 Å². The van der Waals surface area contributed by atoms with Gasteiger partial charge in [0.1, 0.15) is 5.75 Å². The van der Waals surface area contributed by atoms with E-state index in [9.17, 15) is 13.2 Å². The number of hydrogen-bond acceptors (Lipinski definition) is 4. The smallest absolute Gasteiger partial charge is 0.229 e. The van der Waals surface area contributed by atoms with E-state index in [4.69, 9.17) is 4.74 Å². The highest BCUT2D eigenvalue weighted by atomic mass is 79.9. The van der Waals surface area contributed by atoms with E-state index in [0.717, 1.165) is 28.4 Å². The average molecular weight is 467 g/mol. The van der Waals surface area contributed by atoms with Gasteiger partial charge in [-0.2, -0.15) is 0 Å². The number of carbonyl (C=O) groups excluding carboxylic acids is 1. The molecule has 2 aromatic rings. The molecule has 0 radical (unpaired) electrons. The van der Waals surface area contributed by atoms with E-state index in [-0.39, 0.29) is 18.4 Å². The van der Waals surface area contributed by atoms with Crippen molar-refractivity contribution in [1.82, 2.24) is 4.72 Å². The predicted octanol–water partition coefficient (Wildman–Crippen LogP) is 3.42. The fraction of sp³-hybridized carbons (Fsp3) is 0.350. The minimum absolute atomic E-state index is 0.0200. The largest absolute Gasteiger partial charge is 0.497 e. The van der Waals surface area contributed by atoms with Gasteiger partial charge in [-0.3, -0.25) is 4.79 Å². The van der Waals surface area contributed by atoms with E-state index in [0.29, 0.717) is 11.3 Å². The van der Waals surface area contributed by atoms with Crippen LogP contribution in [0.25, 0.3) is 0 Å². The average Bonchev–Trinajstić information content (AvgIpc) is 2.95. The number of nitrogens with one attached hydrogen (secondary N) is 1. The van der Waals surface area contributed by atoms with Crippen LogP contribution in [0.2, 0.25) is 0 Å². The zero-order valence-corrected chi connectivity index (χ0v) is 18.4. The van der Waals surface area contributed by atoms with Crippen LogP contribution in [0.3, 0.4) is 0 Å². The fourth-order valence-electron chi connectivity index (χ4n) is 3.57. The Morgan fingerprint density at radius 1 is 1.29 bits per heavy atom. The maximum absolute atomic E-state index is 13.2. The number of rotatable bonds is 6. The molecule has 3 rings (SSSR count). The third kappa shape index (κ3) is 4.74. The number of carbonyl (C=O) groups is 1. The van der Waals surface area contributed by atoms with Crippen LogP contribution >= 0.6 is 15.9 Å². The Labute approximate surface area is 174 Å². The number of anilines is 1. The van der Waals surface area contributed by atoms with E-state index in [1.54, 1.807) is 36.3 Å². The van der Waals surface area contributed by atoms with Gasteiger partial charge in [0, 0.05) is 22.6 Å². The Kier molecular flexibility index (Phi) is 6.12. The van der Waals surface area contributed by atoms with E-state index in [1.165, 1.54) is 0 Å². The lowest BCUT2D eigenvalue weighted by molar-refractivity contribution is -0.119. The molecule has 0 unspecified atom stereocenters. The molecule has 1 heterocycles. The number of amides is 1. The third-order valence-corrected chi connectivity index (χ3v) is 5.99. The van der Waals surface area contributed by atoms with Gasteiger partial charge < -0.3 is 9.64 Å². The second-order valence-corrected chi connectivity index (χ2v) is 9.71. The summed E-state index contributed by atoms with van der Waals surface area (Å²) in [5.74, 6) is 0.548. The molecule has 28 heavy (non-hydrogen) atoms. The fourth-order valence-corrected chi connectivity index (χ4v) is 4.72. The van der Waals surface area contributed by atoms with Crippen molar-refractivity contribution in [3.63, 3.8) is 0 Å². The molecular weight excluding hydrogens is 444 g/mol. The van der Waals surface area contributed by atoms with Gasteiger partial charge in [0.15, 0.2) is 0 Å². The van der Waals surface area contributed by atoms with Crippen molar-refractivity contribution in [3.05, 3.63) is 58.1 Å². The molecule has 0 spiro atoms. The molecular formula is C20H23BrN2O4S. The van der Waals surface area contributed by atoms with E-state index in [2.05, 4.69) is 20.7 Å². The van der Waals surface area contributed by atoms with E-state index < -0.39 is 16.1 Å². The monoisotopic (exact) mass is 466 g/mol. The summed E-state index contributed by atoms with van der Waals surface area (Å²) in [6.45, 7) is 2.00. The first-order valence-corrected chi connectivity index (χ1v) is 11.6. The molecule has 6 nitrogen and oxygen atoms in total. The summed E-state index contributed by atoms with van der Waals surface area (Å²) in [6, 6.07) is 12.3. The van der Waals surface area contributed by atoms with Gasteiger partial charge in [0.2, 0.25) is 15.9 Å². The predicted molar refractivity (Wildman–Crippen MR) is 113 cm³/mol. The van der Waals surface area contributed by atoms with Crippen LogP contribution in [-0.2, 0) is 21.2 Å². The van der Waals surface area contributed by atoms with Crippen LogP contribution in [-0.4, -0.2) is 33.7 Å². The molecule has 0 aliphatic carbocycles. The number of fused-ring (bicyclic) bond motifs is 1. The maximum atomic E-state index is 13.2. The van der Waals surface area contributed by atoms with Crippen LogP contribution in [0.5, 0.6) is 5.75 Å². The molecule has 1 amide bonds. The molecule has 150 valence electrons. The molecule has 0 fully saturated rings. The van der Waals surface area contributed by atoms with Gasteiger partial charge in [-0.15, -0.1) is 0 Å². The summed E-state index contributed by atoms with van der Waals surface area (Å²) in [4.78, 5) is 14.9. The number of halogens is 1. The molecule has 0 aromatic heterocycles. The standard InChI is InChI=1S/C20H23BrN2O4S/c1-13-10-15-11-16(21)6-9-19(15)23(13)20(24)12-18(22-28(3,25)26)14-4-7-17(27-2)8-5-14/h4-9,11,13,18,22H,10,12H2,1-3H3/t13-,18+/m1/s1. The zero-order valence-electron chi connectivity index (χ0n) is 16.0. The zero-order chi connectivity index (χ0) is 20.5. The minimum Gasteiger partial charge on any atom is -0.497 e. The van der Waals surface area contributed by atoms with Crippen molar-refractivity contribution < 1.29 is 17.9 Å². The highest BCUT2D eigenvalue weighted by Crippen LogP contribution is 2.35. The Morgan fingerprint density at radius 2 is 1.96 bits per heavy atom. The highest BCUT2D eigenvalue weighted by molar-refractivity contribution is 9.10. The molecule has 1 N–H and O–H groups in total. The SMILES string of the molecule is COc1ccc([C@H](CC(=O)N2c3ccc(Br)cc3C[C@H]2C)NS(C)(=O)=O)cc1. The lowest BCUT2D eigenvalue weighted by Crippen LogP contribution is -2.39. The summed E-state index contributed by atoms with van der Waals surface area (Å²) in [5.41, 5.74) is 2.70. The minimum atomic E-state index is -3.49. The van der Waals surface area contributed by atoms with Crippen LogP contribution in [0.1, 0.15) is 30.5 Å². The first-order chi connectivity index (χ1) is 13.2. The van der Waals surface area contributed by atoms with Crippen molar-refractivity contribution in [2.45, 2.75) is 31.8 Å². The molecule has 2 aromatic carbocycles. The number of benzene rings is 2. The third-order valence-electron chi connectivity index (χ3n) is 4.78. The lowest BCUT2D eigenvalue weighted by Gasteiger charge is -2.26. The Balaban J connectivity index is 1.87. The van der Waals surface area contributed by atoms with Crippen LogP contribution in [0, 0.1) is 0 Å². The van der Waals surface area contributed by atoms with Crippen molar-refractivity contribution in [2.75, 3.05) is 18.3 Å². The Morgan fingerprint density at radius 3 is 2.57 bits per heavy atom. The molecule has 0 saturated heterocycles. The summed E-state index contributed by atoms with van der Waals surface area (Å²) in [7, 11) is -1.93. The quantitative estimate of drug-likeness (QED) is 0.707. The number of methoxy groups -OCH3 is 1. The van der Waals surface area contributed by atoms with Crippen molar-refractivity contribution >= 4 is 37.5 Å². The van der Waals surface area contributed by atoms with Gasteiger partial charge in [0.25, 0.3) is 0 Å². The Hall–Kier alpha value is -1.90. The van der Waals surface area contributed by atoms with E-state index in [1.807, 2.05) is 25.1 Å². The highest BCUT2D eigenvalue weighted by Gasteiger charge is 2.32. The molecule has 8 heteroatoms. The van der Waals surface area contributed by atoms with Gasteiger partial charge in [-0.1, -0.05) is 28.1 Å². The molecule has 0 bridgehead atoms. The van der Waals surface area contributed by atoms with Crippen LogP contribution in [0.4, 0.5) is 5.69 Å². The number of hydrogen-bond donors (Lipinski definition) is 1. The molecule has 1 aliphatic rings. The number of ether oxygens (including phenoxy) is 1. The van der Waals surface area contributed by atoms with Crippen LogP contribution < -0.4 is 14.4 Å². The Bertz CT molecular complexity index is 976. The van der Waals surface area contributed by atoms with Crippen molar-refractivity contribution in [2.24, 2.45) is 0 Å². The second-order valence-electron chi connectivity index (χ2n) is 7.01. The molecule has 1 aliphatic heterocycles. The van der Waals surface area contributed by atoms with Gasteiger partial charge in [0.05, 0.1) is 19.4 Å². The van der Waals surface area contributed by atoms with Gasteiger partial charge in [-0.25, -0.2) is 13.1 Å². The summed E-state index contributed by atoms with van der Waals surface area (Å²) in [6.07, 6.45) is 1.89. The van der Waals surface area contributed by atoms with Crippen molar-refractivity contribution in [3.8, 4) is 5.75 Å². The number of nitrogens with zero attached hydrogens (tertiary/aromatic N) is 1. The first-order valence-electron chi connectivity index (χ1n) is 8.89. The van der Waals surface area contributed by atoms with Gasteiger partial charge >= 0.3 is 0 Å². The summed E-state index contributed by atoms with van der Waals surface area (Å²) >= 11 is 3.47. The van der Waals surface area contributed by atoms with Gasteiger partial charge in [-0.05, 0) is 54.8 Å². The van der Waals surface area contributed by atoms with Crippen molar-refractivity contribution in [1.29, 1.82) is 0 Å². The molecule has 2 atom stereocenters. The number of sulfonamides is 1. The van der Waals surface area contributed by atoms with Crippen LogP contribution in [0.15, 0.2) is 46.9 Å². The first kappa shape index (κ1) is 20.8. The second kappa shape index (κ2) is 8.23. The van der Waals surface area contributed by atoms with E-state index >= 15 is 0 Å². The normalized spacial score (nSPS) is 17.3. The lowest BCUT2D eigenvalue weighted by atomic mass is 10.0. The molecule has 0 saturated carbocycles.